The van der Waals surface area contributed by atoms with Crippen LogP contribution in [0.2, 0.25) is 0 Å². The van der Waals surface area contributed by atoms with Crippen molar-refractivity contribution in [1.29, 1.82) is 0 Å². The molecule has 0 amide bonds. The van der Waals surface area contributed by atoms with Gasteiger partial charge in [-0.2, -0.15) is 18.2 Å². The number of hydrogen-bond acceptors (Lipinski definition) is 7. The van der Waals surface area contributed by atoms with Crippen molar-refractivity contribution >= 4 is 27.2 Å². The van der Waals surface area contributed by atoms with Gasteiger partial charge in [0.25, 0.3) is 0 Å². The Morgan fingerprint density at radius 3 is 2.45 bits per heavy atom. The van der Waals surface area contributed by atoms with E-state index in [1.165, 1.54) is 13.3 Å². The Labute approximate surface area is 180 Å². The summed E-state index contributed by atoms with van der Waals surface area (Å²) >= 11 is 0. The van der Waals surface area contributed by atoms with Crippen molar-refractivity contribution in [3.63, 3.8) is 0 Å². The number of anilines is 3. The van der Waals surface area contributed by atoms with Crippen molar-refractivity contribution in [3.05, 3.63) is 36.0 Å². The molecule has 3 atom stereocenters. The van der Waals surface area contributed by atoms with Crippen LogP contribution in [0.25, 0.3) is 0 Å². The number of halogens is 3. The molecule has 7 nitrogen and oxygen atoms in total. The second-order valence-corrected chi connectivity index (χ2v) is 10.2. The van der Waals surface area contributed by atoms with Gasteiger partial charge in [-0.05, 0) is 57.6 Å². The van der Waals surface area contributed by atoms with E-state index in [0.29, 0.717) is 10.6 Å². The molecule has 1 heterocycles. The summed E-state index contributed by atoms with van der Waals surface area (Å²) in [5, 5.41) is 5.92. The molecule has 1 aliphatic rings. The van der Waals surface area contributed by atoms with Gasteiger partial charge in [-0.3, -0.25) is 0 Å². The lowest BCUT2D eigenvalue weighted by molar-refractivity contribution is -0.137. The highest BCUT2D eigenvalue weighted by molar-refractivity contribution is 7.93. The van der Waals surface area contributed by atoms with Crippen LogP contribution >= 0.6 is 0 Å². The van der Waals surface area contributed by atoms with E-state index in [2.05, 4.69) is 25.0 Å². The molecule has 1 aliphatic carbocycles. The van der Waals surface area contributed by atoms with Crippen molar-refractivity contribution in [2.45, 2.75) is 42.4 Å². The predicted octanol–water partition coefficient (Wildman–Crippen LogP) is 4.22. The van der Waals surface area contributed by atoms with Crippen LogP contribution in [0.3, 0.4) is 0 Å². The maximum Gasteiger partial charge on any atom is 0.421 e. The lowest BCUT2D eigenvalue weighted by Gasteiger charge is -2.28. The van der Waals surface area contributed by atoms with Crippen LogP contribution in [-0.4, -0.2) is 58.6 Å². The second-order valence-electron chi connectivity index (χ2n) is 7.80. The lowest BCUT2D eigenvalue weighted by Crippen LogP contribution is -2.39. The van der Waals surface area contributed by atoms with E-state index in [1.807, 2.05) is 19.0 Å². The number of nitrogens with zero attached hydrogens (tertiary/aromatic N) is 4. The topological polar surface area (TPSA) is 82.5 Å². The summed E-state index contributed by atoms with van der Waals surface area (Å²) in [6, 6.07) is 6.64. The normalized spacial score (nSPS) is 21.0. The van der Waals surface area contributed by atoms with Crippen molar-refractivity contribution in [2.75, 3.05) is 38.0 Å². The molecule has 31 heavy (non-hydrogen) atoms. The van der Waals surface area contributed by atoms with Gasteiger partial charge in [0, 0.05) is 42.2 Å². The van der Waals surface area contributed by atoms with Gasteiger partial charge >= 0.3 is 6.18 Å². The van der Waals surface area contributed by atoms with Crippen molar-refractivity contribution < 1.29 is 17.4 Å². The van der Waals surface area contributed by atoms with E-state index in [1.54, 1.807) is 24.3 Å². The minimum Gasteiger partial charge on any atom is -0.365 e. The molecule has 1 fully saturated rings. The quantitative estimate of drug-likeness (QED) is 0.677. The summed E-state index contributed by atoms with van der Waals surface area (Å²) in [5.74, 6) is -0.193. The first kappa shape index (κ1) is 23.3. The molecule has 3 rings (SSSR count). The fourth-order valence-corrected chi connectivity index (χ4v) is 4.54. The summed E-state index contributed by atoms with van der Waals surface area (Å²) < 4.78 is 56.8. The Balaban J connectivity index is 1.87. The zero-order chi connectivity index (χ0) is 22.8. The Kier molecular flexibility index (Phi) is 6.75. The number of hydrogen-bond donors (Lipinski definition) is 2. The Morgan fingerprint density at radius 2 is 1.87 bits per heavy atom. The van der Waals surface area contributed by atoms with Crippen molar-refractivity contribution in [3.8, 4) is 0 Å². The first-order valence-electron chi connectivity index (χ1n) is 9.86. The molecule has 1 aromatic heterocycles. The molecule has 0 aliphatic heterocycles. The van der Waals surface area contributed by atoms with Gasteiger partial charge in [0.05, 0.1) is 9.73 Å². The predicted molar refractivity (Wildman–Crippen MR) is 116 cm³/mol. The van der Waals surface area contributed by atoms with Gasteiger partial charge in [0.1, 0.15) is 11.4 Å². The van der Waals surface area contributed by atoms with Crippen LogP contribution in [0.1, 0.15) is 24.8 Å². The van der Waals surface area contributed by atoms with Crippen LogP contribution in [0.5, 0.6) is 0 Å². The van der Waals surface area contributed by atoms with Crippen LogP contribution in [0, 0.1) is 0 Å². The summed E-state index contributed by atoms with van der Waals surface area (Å²) in [6.07, 6.45) is 0.387. The first-order valence-corrected chi connectivity index (χ1v) is 11.8. The van der Waals surface area contributed by atoms with Gasteiger partial charge in [0.2, 0.25) is 5.95 Å². The zero-order valence-electron chi connectivity index (χ0n) is 17.9. The van der Waals surface area contributed by atoms with E-state index in [0.717, 1.165) is 25.5 Å². The highest BCUT2D eigenvalue weighted by atomic mass is 32.2. The van der Waals surface area contributed by atoms with Gasteiger partial charge in [0.15, 0.2) is 0 Å². The van der Waals surface area contributed by atoms with Crippen molar-refractivity contribution in [2.24, 2.45) is 4.36 Å². The maximum atomic E-state index is 13.5. The highest BCUT2D eigenvalue weighted by Crippen LogP contribution is 2.36. The number of benzene rings is 1. The van der Waals surface area contributed by atoms with Crippen LogP contribution < -0.4 is 10.6 Å². The third kappa shape index (κ3) is 5.45. The van der Waals surface area contributed by atoms with E-state index in [-0.39, 0.29) is 23.8 Å². The molecule has 2 aromatic rings. The summed E-state index contributed by atoms with van der Waals surface area (Å²) in [5.41, 5.74) is -0.333. The molecule has 170 valence electrons. The summed E-state index contributed by atoms with van der Waals surface area (Å²) in [7, 11) is 2.87. The minimum absolute atomic E-state index is 0.0417. The summed E-state index contributed by atoms with van der Waals surface area (Å²) in [6.45, 7) is 0. The van der Waals surface area contributed by atoms with Crippen LogP contribution in [0.15, 0.2) is 39.7 Å². The number of rotatable bonds is 6. The molecule has 1 saturated carbocycles. The number of alkyl halides is 3. The fourth-order valence-electron chi connectivity index (χ4n) is 3.69. The highest BCUT2D eigenvalue weighted by Gasteiger charge is 2.37. The number of nitrogens with one attached hydrogen (secondary N) is 2. The van der Waals surface area contributed by atoms with Crippen molar-refractivity contribution in [1.82, 2.24) is 14.9 Å². The van der Waals surface area contributed by atoms with E-state index < -0.39 is 21.5 Å². The third-order valence-corrected chi connectivity index (χ3v) is 7.30. The minimum atomic E-state index is -4.57. The maximum absolute atomic E-state index is 13.5. The Bertz CT molecular complexity index is 1030. The molecule has 0 saturated heterocycles. The molecule has 0 radical (unpaired) electrons. The largest absolute Gasteiger partial charge is 0.421 e. The molecule has 0 spiro atoms. The first-order chi connectivity index (χ1) is 14.5. The van der Waals surface area contributed by atoms with E-state index in [4.69, 9.17) is 0 Å². The van der Waals surface area contributed by atoms with Gasteiger partial charge in [-0.1, -0.05) is 0 Å². The average Bonchev–Trinajstić information content (AvgIpc) is 3.16. The van der Waals surface area contributed by atoms with Crippen LogP contribution in [-0.2, 0) is 15.9 Å². The SMILES string of the molecule is CN=[S@](C)(=O)c1ccc(Nc2ncc(C(F)(F)F)c(N[C@@H]3CCC[C@H]3N(C)C)n2)cc1. The van der Waals surface area contributed by atoms with Gasteiger partial charge in [-0.15, -0.1) is 0 Å². The van der Waals surface area contributed by atoms with Crippen LogP contribution in [0.4, 0.5) is 30.6 Å². The second kappa shape index (κ2) is 8.99. The summed E-state index contributed by atoms with van der Waals surface area (Å²) in [4.78, 5) is 10.6. The Morgan fingerprint density at radius 1 is 1.19 bits per heavy atom. The number of aromatic nitrogens is 2. The molecular weight excluding hydrogens is 429 g/mol. The Hall–Kier alpha value is -2.40. The van der Waals surface area contributed by atoms with Gasteiger partial charge < -0.3 is 15.5 Å². The molecule has 0 bridgehead atoms. The fraction of sp³-hybridized carbons (Fsp3) is 0.500. The van der Waals surface area contributed by atoms with E-state index in [9.17, 15) is 17.4 Å². The van der Waals surface area contributed by atoms with Gasteiger partial charge in [-0.25, -0.2) is 13.6 Å². The smallest absolute Gasteiger partial charge is 0.365 e. The standard InChI is InChI=1S/C20H27F3N6OS/c1-24-31(4,30)14-10-8-13(9-11-14)26-19-25-12-15(20(21,22)23)18(28-19)27-16-6-5-7-17(16)29(2)3/h8-12,16-17H,5-7H2,1-4H3,(H2,25,26,27,28)/t16-,17-,31-/m1/s1. The lowest BCUT2D eigenvalue weighted by atomic mass is 10.1. The zero-order valence-corrected chi connectivity index (χ0v) is 18.7. The molecule has 0 unspecified atom stereocenters. The monoisotopic (exact) mass is 456 g/mol. The molecule has 11 heteroatoms. The number of likely N-dealkylation sites (N-methyl/N-ethyl adjacent to an activating group) is 1. The molecule has 2 N–H and O–H groups in total. The average molecular weight is 457 g/mol. The van der Waals surface area contributed by atoms with E-state index >= 15 is 0 Å². The molecule has 1 aromatic carbocycles. The molecular formula is C20H27F3N6OS. The third-order valence-electron chi connectivity index (χ3n) is 5.46.